The number of carbonyl (C=O) groups is 1. The van der Waals surface area contributed by atoms with Gasteiger partial charge in [0.25, 0.3) is 0 Å². The molecule has 1 aromatic rings. The van der Waals surface area contributed by atoms with Gasteiger partial charge in [0.1, 0.15) is 13.2 Å². The highest BCUT2D eigenvalue weighted by Crippen LogP contribution is 2.18. The highest BCUT2D eigenvalue weighted by Gasteiger charge is 2.14. The van der Waals surface area contributed by atoms with Gasteiger partial charge >= 0.3 is 5.97 Å². The Morgan fingerprint density at radius 2 is 1.85 bits per heavy atom. The van der Waals surface area contributed by atoms with Crippen LogP contribution < -0.4 is 24.0 Å². The molecular weight excluding hydrogens is 501 g/mol. The van der Waals surface area contributed by atoms with Gasteiger partial charge in [-0.25, -0.2) is 4.79 Å². The van der Waals surface area contributed by atoms with Crippen LogP contribution in [-0.4, -0.2) is 44.7 Å². The molecule has 0 saturated carbocycles. The molecule has 6 heteroatoms. The zero-order valence-corrected chi connectivity index (χ0v) is 17.3. The Balaban J connectivity index is 0.00000361. The van der Waals surface area contributed by atoms with Gasteiger partial charge in [-0.3, -0.25) is 0 Å². The number of likely N-dealkylation sites (N-methyl/N-ethyl adjacent to an activating group) is 1. The SMILES string of the molecule is C[N+](C)(C)CCOC(=O)c1ccc(CBr)cc1CBr.[I-]. The predicted molar refractivity (Wildman–Crippen MR) is 84.9 cm³/mol. The van der Waals surface area contributed by atoms with E-state index in [1.165, 1.54) is 0 Å². The van der Waals surface area contributed by atoms with Crippen LogP contribution in [-0.2, 0) is 15.4 Å². The van der Waals surface area contributed by atoms with E-state index in [1.54, 1.807) is 0 Å². The zero-order chi connectivity index (χ0) is 14.5. The minimum absolute atomic E-state index is 0. The summed E-state index contributed by atoms with van der Waals surface area (Å²) in [6.07, 6.45) is 0. The van der Waals surface area contributed by atoms with Crippen LogP contribution >= 0.6 is 31.9 Å². The van der Waals surface area contributed by atoms with Crippen LogP contribution in [0.5, 0.6) is 0 Å². The first-order valence-corrected chi connectivity index (χ1v) is 8.33. The Morgan fingerprint density at radius 1 is 1.20 bits per heavy atom. The first-order valence-electron chi connectivity index (χ1n) is 6.08. The van der Waals surface area contributed by atoms with Crippen LogP contribution in [0.4, 0.5) is 0 Å². The molecule has 0 amide bonds. The molecule has 0 radical (unpaired) electrons. The maximum Gasteiger partial charge on any atom is 0.338 e. The molecule has 0 aliphatic heterocycles. The summed E-state index contributed by atoms with van der Waals surface area (Å²) in [5, 5.41) is 1.43. The van der Waals surface area contributed by atoms with Gasteiger partial charge in [-0.1, -0.05) is 44.0 Å². The van der Waals surface area contributed by atoms with Gasteiger partial charge in [0, 0.05) is 10.7 Å². The molecule has 0 aliphatic carbocycles. The molecular formula is C14H20Br2INO2. The lowest BCUT2D eigenvalue weighted by atomic mass is 10.1. The van der Waals surface area contributed by atoms with Gasteiger partial charge in [-0.15, -0.1) is 0 Å². The molecule has 3 nitrogen and oxygen atoms in total. The quantitative estimate of drug-likeness (QED) is 0.234. The molecule has 0 N–H and O–H groups in total. The van der Waals surface area contributed by atoms with Gasteiger partial charge in [0.2, 0.25) is 0 Å². The molecule has 0 aliphatic rings. The number of esters is 1. The van der Waals surface area contributed by atoms with E-state index in [-0.39, 0.29) is 29.9 Å². The van der Waals surface area contributed by atoms with Gasteiger partial charge in [0.15, 0.2) is 0 Å². The van der Waals surface area contributed by atoms with Crippen molar-refractivity contribution in [2.45, 2.75) is 10.7 Å². The molecule has 1 rings (SSSR count). The van der Waals surface area contributed by atoms with Crippen molar-refractivity contribution in [3.63, 3.8) is 0 Å². The molecule has 0 saturated heterocycles. The molecule has 114 valence electrons. The van der Waals surface area contributed by atoms with Crippen LogP contribution in [0.15, 0.2) is 18.2 Å². The fraction of sp³-hybridized carbons (Fsp3) is 0.500. The average molecular weight is 521 g/mol. The van der Waals surface area contributed by atoms with Crippen molar-refractivity contribution < 1.29 is 38.0 Å². The predicted octanol–water partition coefficient (Wildman–Crippen LogP) is 0.343. The monoisotopic (exact) mass is 519 g/mol. The highest BCUT2D eigenvalue weighted by atomic mass is 127. The van der Waals surface area contributed by atoms with Crippen molar-refractivity contribution >= 4 is 37.8 Å². The second kappa shape index (κ2) is 9.38. The zero-order valence-electron chi connectivity index (χ0n) is 12.0. The van der Waals surface area contributed by atoms with E-state index in [2.05, 4.69) is 53.0 Å². The lowest BCUT2D eigenvalue weighted by Gasteiger charge is -2.23. The fourth-order valence-electron chi connectivity index (χ4n) is 1.53. The molecule has 0 fully saturated rings. The first kappa shape index (κ1) is 20.3. The van der Waals surface area contributed by atoms with E-state index < -0.39 is 0 Å². The lowest BCUT2D eigenvalue weighted by Crippen LogP contribution is -3.00. The Morgan fingerprint density at radius 3 is 2.35 bits per heavy atom. The Hall–Kier alpha value is 0.340. The molecule has 0 bridgehead atoms. The molecule has 20 heavy (non-hydrogen) atoms. The summed E-state index contributed by atoms with van der Waals surface area (Å²) in [6.45, 7) is 1.24. The van der Waals surface area contributed by atoms with Crippen LogP contribution in [0.1, 0.15) is 21.5 Å². The van der Waals surface area contributed by atoms with Gasteiger partial charge in [-0.2, -0.15) is 0 Å². The number of hydrogen-bond donors (Lipinski definition) is 0. The van der Waals surface area contributed by atoms with Gasteiger partial charge in [-0.05, 0) is 17.2 Å². The number of benzene rings is 1. The third-order valence-corrected chi connectivity index (χ3v) is 3.93. The molecule has 0 unspecified atom stereocenters. The number of carbonyl (C=O) groups excluding carboxylic acids is 1. The summed E-state index contributed by atoms with van der Waals surface area (Å²) in [7, 11) is 6.22. The van der Waals surface area contributed by atoms with E-state index in [9.17, 15) is 4.79 Å². The van der Waals surface area contributed by atoms with Crippen molar-refractivity contribution in [1.29, 1.82) is 0 Å². The first-order chi connectivity index (χ1) is 8.87. The van der Waals surface area contributed by atoms with E-state index in [1.807, 2.05) is 18.2 Å². The molecule has 0 aromatic heterocycles. The number of hydrogen-bond acceptors (Lipinski definition) is 2. The highest BCUT2D eigenvalue weighted by molar-refractivity contribution is 9.08. The van der Waals surface area contributed by atoms with E-state index in [0.717, 1.165) is 27.5 Å². The van der Waals surface area contributed by atoms with Crippen LogP contribution in [0.3, 0.4) is 0 Å². The second-order valence-corrected chi connectivity index (χ2v) is 6.53. The maximum atomic E-state index is 12.0. The Bertz CT molecular complexity index is 447. The number of quaternary nitrogens is 1. The second-order valence-electron chi connectivity index (χ2n) is 5.41. The minimum atomic E-state index is -0.246. The van der Waals surface area contributed by atoms with Crippen LogP contribution in [0.25, 0.3) is 0 Å². The fourth-order valence-corrected chi connectivity index (χ4v) is 2.34. The normalized spacial score (nSPS) is 10.8. The van der Waals surface area contributed by atoms with E-state index in [0.29, 0.717) is 17.5 Å². The third kappa shape index (κ3) is 6.87. The topological polar surface area (TPSA) is 26.3 Å². The van der Waals surface area contributed by atoms with Crippen molar-refractivity contribution in [3.8, 4) is 0 Å². The largest absolute Gasteiger partial charge is 1.00 e. The van der Waals surface area contributed by atoms with Crippen molar-refractivity contribution in [2.24, 2.45) is 0 Å². The van der Waals surface area contributed by atoms with E-state index >= 15 is 0 Å². The number of halogens is 3. The molecule has 0 spiro atoms. The van der Waals surface area contributed by atoms with Crippen LogP contribution in [0.2, 0.25) is 0 Å². The smallest absolute Gasteiger partial charge is 0.338 e. The summed E-state index contributed by atoms with van der Waals surface area (Å²) in [5.41, 5.74) is 2.76. The Kier molecular flexibility index (Phi) is 9.54. The van der Waals surface area contributed by atoms with Gasteiger partial charge < -0.3 is 33.2 Å². The number of rotatable bonds is 6. The third-order valence-electron chi connectivity index (χ3n) is 2.68. The Labute approximate surface area is 154 Å². The van der Waals surface area contributed by atoms with Gasteiger partial charge in [0.05, 0.1) is 26.7 Å². The molecule has 1 aromatic carbocycles. The maximum absolute atomic E-state index is 12.0. The van der Waals surface area contributed by atoms with Crippen molar-refractivity contribution in [2.75, 3.05) is 34.3 Å². The number of nitrogens with zero attached hydrogens (tertiary/aromatic N) is 1. The van der Waals surface area contributed by atoms with E-state index in [4.69, 9.17) is 4.74 Å². The molecule has 0 heterocycles. The molecule has 0 atom stereocenters. The summed E-state index contributed by atoms with van der Waals surface area (Å²) in [5.74, 6) is -0.246. The summed E-state index contributed by atoms with van der Waals surface area (Å²) in [4.78, 5) is 12.0. The number of alkyl halides is 2. The number of ether oxygens (including phenoxy) is 1. The van der Waals surface area contributed by atoms with Crippen LogP contribution in [0, 0.1) is 0 Å². The minimum Gasteiger partial charge on any atom is -1.00 e. The summed E-state index contributed by atoms with van der Waals surface area (Å²) in [6, 6.07) is 5.79. The van der Waals surface area contributed by atoms with Crippen molar-refractivity contribution in [1.82, 2.24) is 0 Å². The average Bonchev–Trinajstić information content (AvgIpc) is 2.36. The summed E-state index contributed by atoms with van der Waals surface area (Å²) < 4.78 is 6.11. The standard InChI is InChI=1S/C14H20Br2NO2.HI/c1-17(2,3)6-7-19-14(18)13-5-4-11(9-15)8-12(13)10-16;/h4-5,8H,6-7,9-10H2,1-3H3;1H/q+1;/p-1. The van der Waals surface area contributed by atoms with Crippen molar-refractivity contribution in [3.05, 3.63) is 34.9 Å². The summed E-state index contributed by atoms with van der Waals surface area (Å²) >= 11 is 6.83. The lowest BCUT2D eigenvalue weighted by molar-refractivity contribution is -0.870.